The molecular formula is C25H24N2O6S. The van der Waals surface area contributed by atoms with Crippen LogP contribution in [-0.4, -0.2) is 40.6 Å². The SMILES string of the molecule is CCOc1ccc(C(O)=C2C(=O)C(=O)N(c3nc(C)c(C)s3)[C@H]2c2ccc(O)c(OC)c2)cc1. The van der Waals surface area contributed by atoms with Gasteiger partial charge in [0.1, 0.15) is 11.5 Å². The van der Waals surface area contributed by atoms with Gasteiger partial charge in [0.05, 0.1) is 31.0 Å². The summed E-state index contributed by atoms with van der Waals surface area (Å²) in [5.74, 6) is -1.22. The molecule has 0 spiro atoms. The minimum Gasteiger partial charge on any atom is -0.507 e. The number of phenols is 1. The van der Waals surface area contributed by atoms with E-state index in [9.17, 15) is 19.8 Å². The van der Waals surface area contributed by atoms with Crippen molar-refractivity contribution in [2.45, 2.75) is 26.8 Å². The smallest absolute Gasteiger partial charge is 0.301 e. The standard InChI is InChI=1S/C25H24N2O6S/c1-5-33-17-9-6-15(7-10-17)22(29)20-21(16-8-11-18(28)19(12-16)32-4)27(24(31)23(20)30)25-26-13(2)14(3)34-25/h6-12,21,28-29H,5H2,1-4H3/t21-/m0/s1. The van der Waals surface area contributed by atoms with Gasteiger partial charge in [-0.2, -0.15) is 0 Å². The molecule has 176 valence electrons. The zero-order valence-electron chi connectivity index (χ0n) is 19.2. The van der Waals surface area contributed by atoms with Crippen LogP contribution in [0.3, 0.4) is 0 Å². The van der Waals surface area contributed by atoms with Crippen molar-refractivity contribution in [2.24, 2.45) is 0 Å². The second kappa shape index (κ2) is 9.18. The zero-order chi connectivity index (χ0) is 24.6. The highest BCUT2D eigenvalue weighted by Crippen LogP contribution is 2.45. The van der Waals surface area contributed by atoms with Crippen molar-refractivity contribution in [3.05, 3.63) is 69.7 Å². The Bertz CT molecular complexity index is 1280. The summed E-state index contributed by atoms with van der Waals surface area (Å²) in [5, 5.41) is 21.6. The van der Waals surface area contributed by atoms with Gasteiger partial charge in [-0.1, -0.05) is 6.07 Å². The van der Waals surface area contributed by atoms with E-state index in [1.165, 1.54) is 35.5 Å². The molecule has 1 aromatic heterocycles. The maximum absolute atomic E-state index is 13.2. The van der Waals surface area contributed by atoms with Crippen LogP contribution in [0, 0.1) is 13.8 Å². The minimum atomic E-state index is -0.967. The number of phenolic OH excluding ortho intramolecular Hbond substituents is 1. The van der Waals surface area contributed by atoms with Crippen LogP contribution >= 0.6 is 11.3 Å². The Hall–Kier alpha value is -3.85. The lowest BCUT2D eigenvalue weighted by atomic mass is 9.95. The number of nitrogens with zero attached hydrogens (tertiary/aromatic N) is 2. The molecule has 2 heterocycles. The number of aliphatic hydroxyl groups is 1. The average molecular weight is 481 g/mol. The summed E-state index contributed by atoms with van der Waals surface area (Å²) in [6.45, 7) is 6.06. The van der Waals surface area contributed by atoms with Crippen molar-refractivity contribution >= 4 is 33.9 Å². The van der Waals surface area contributed by atoms with Crippen LogP contribution in [0.5, 0.6) is 17.2 Å². The Labute approximate surface area is 200 Å². The van der Waals surface area contributed by atoms with E-state index in [4.69, 9.17) is 9.47 Å². The minimum absolute atomic E-state index is 0.0765. The Morgan fingerprint density at radius 2 is 1.85 bits per heavy atom. The maximum atomic E-state index is 13.2. The molecule has 1 amide bonds. The summed E-state index contributed by atoms with van der Waals surface area (Å²) in [7, 11) is 1.41. The monoisotopic (exact) mass is 480 g/mol. The number of aliphatic hydroxyl groups excluding tert-OH is 1. The van der Waals surface area contributed by atoms with Gasteiger partial charge in [0.25, 0.3) is 5.78 Å². The third-order valence-corrected chi connectivity index (χ3v) is 6.70. The first-order valence-electron chi connectivity index (χ1n) is 10.6. The van der Waals surface area contributed by atoms with Crippen molar-refractivity contribution in [3.8, 4) is 17.2 Å². The number of aromatic hydroxyl groups is 1. The summed E-state index contributed by atoms with van der Waals surface area (Å²) in [6.07, 6.45) is 0. The van der Waals surface area contributed by atoms with Crippen LogP contribution in [0.4, 0.5) is 5.13 Å². The molecule has 0 bridgehead atoms. The number of hydrogen-bond acceptors (Lipinski definition) is 8. The molecule has 1 atom stereocenters. The topological polar surface area (TPSA) is 109 Å². The lowest BCUT2D eigenvalue weighted by Crippen LogP contribution is -2.29. The Balaban J connectivity index is 1.92. The Morgan fingerprint density at radius 3 is 2.44 bits per heavy atom. The van der Waals surface area contributed by atoms with E-state index < -0.39 is 17.7 Å². The molecule has 9 heteroatoms. The van der Waals surface area contributed by atoms with Crippen molar-refractivity contribution in [2.75, 3.05) is 18.6 Å². The highest BCUT2D eigenvalue weighted by atomic mass is 32.1. The van der Waals surface area contributed by atoms with Gasteiger partial charge >= 0.3 is 5.91 Å². The molecule has 1 fully saturated rings. The van der Waals surface area contributed by atoms with Crippen LogP contribution in [0.25, 0.3) is 5.76 Å². The maximum Gasteiger partial charge on any atom is 0.301 e. The molecule has 34 heavy (non-hydrogen) atoms. The Morgan fingerprint density at radius 1 is 1.15 bits per heavy atom. The first-order chi connectivity index (χ1) is 16.3. The molecule has 3 aromatic rings. The van der Waals surface area contributed by atoms with Gasteiger partial charge < -0.3 is 19.7 Å². The number of Topliss-reactive ketones (excluding diaryl/α,β-unsaturated/α-hetero) is 1. The van der Waals surface area contributed by atoms with E-state index in [-0.39, 0.29) is 22.8 Å². The van der Waals surface area contributed by atoms with E-state index in [0.29, 0.717) is 28.6 Å². The Kier molecular flexibility index (Phi) is 6.30. The number of methoxy groups -OCH3 is 1. The van der Waals surface area contributed by atoms with Gasteiger partial charge in [-0.3, -0.25) is 14.5 Å². The number of ether oxygens (including phenoxy) is 2. The molecule has 0 aliphatic carbocycles. The van der Waals surface area contributed by atoms with E-state index in [1.807, 2.05) is 20.8 Å². The van der Waals surface area contributed by atoms with Crippen LogP contribution in [0.15, 0.2) is 48.0 Å². The van der Waals surface area contributed by atoms with Gasteiger partial charge in [-0.25, -0.2) is 4.98 Å². The molecule has 0 unspecified atom stereocenters. The van der Waals surface area contributed by atoms with Crippen LogP contribution in [0.2, 0.25) is 0 Å². The largest absolute Gasteiger partial charge is 0.507 e. The molecule has 0 saturated carbocycles. The molecule has 2 aromatic carbocycles. The predicted molar refractivity (Wildman–Crippen MR) is 129 cm³/mol. The molecule has 2 N–H and O–H groups in total. The number of aryl methyl sites for hydroxylation is 2. The summed E-state index contributed by atoms with van der Waals surface area (Å²) in [5.41, 5.74) is 1.51. The van der Waals surface area contributed by atoms with E-state index in [1.54, 1.807) is 30.3 Å². The molecule has 8 nitrogen and oxygen atoms in total. The molecule has 4 rings (SSSR count). The summed E-state index contributed by atoms with van der Waals surface area (Å²) in [6, 6.07) is 10.2. The number of anilines is 1. The van der Waals surface area contributed by atoms with Gasteiger partial charge in [0, 0.05) is 10.4 Å². The van der Waals surface area contributed by atoms with Crippen molar-refractivity contribution in [1.82, 2.24) is 4.98 Å². The van der Waals surface area contributed by atoms with Crippen molar-refractivity contribution in [3.63, 3.8) is 0 Å². The van der Waals surface area contributed by atoms with E-state index >= 15 is 0 Å². The van der Waals surface area contributed by atoms with Crippen LogP contribution in [-0.2, 0) is 9.59 Å². The number of hydrogen-bond donors (Lipinski definition) is 2. The third kappa shape index (κ3) is 3.99. The number of rotatable bonds is 6. The lowest BCUT2D eigenvalue weighted by molar-refractivity contribution is -0.132. The molecule has 1 aliphatic rings. The number of ketones is 1. The fourth-order valence-corrected chi connectivity index (χ4v) is 4.74. The predicted octanol–water partition coefficient (Wildman–Crippen LogP) is 4.50. The van der Waals surface area contributed by atoms with Gasteiger partial charge in [0.15, 0.2) is 16.6 Å². The number of aromatic nitrogens is 1. The zero-order valence-corrected chi connectivity index (χ0v) is 20.0. The fourth-order valence-electron chi connectivity index (χ4n) is 3.80. The normalized spacial score (nSPS) is 17.3. The van der Waals surface area contributed by atoms with E-state index in [0.717, 1.165) is 10.6 Å². The second-order valence-electron chi connectivity index (χ2n) is 7.70. The molecular weight excluding hydrogens is 456 g/mol. The van der Waals surface area contributed by atoms with Crippen LogP contribution < -0.4 is 14.4 Å². The highest BCUT2D eigenvalue weighted by Gasteiger charge is 2.48. The number of thiazole rings is 1. The number of carbonyl (C=O) groups excluding carboxylic acids is 2. The summed E-state index contributed by atoms with van der Waals surface area (Å²) >= 11 is 1.29. The van der Waals surface area contributed by atoms with Gasteiger partial charge in [-0.15, -0.1) is 11.3 Å². The van der Waals surface area contributed by atoms with Gasteiger partial charge in [-0.05, 0) is 62.7 Å². The quantitative estimate of drug-likeness (QED) is 0.304. The lowest BCUT2D eigenvalue weighted by Gasteiger charge is -2.23. The first kappa shape index (κ1) is 23.3. The number of amides is 1. The second-order valence-corrected chi connectivity index (χ2v) is 8.88. The summed E-state index contributed by atoms with van der Waals surface area (Å²) in [4.78, 5) is 33.1. The van der Waals surface area contributed by atoms with E-state index in [2.05, 4.69) is 4.98 Å². The average Bonchev–Trinajstić information content (AvgIpc) is 3.29. The first-order valence-corrected chi connectivity index (χ1v) is 11.4. The fraction of sp³-hybridized carbons (Fsp3) is 0.240. The molecule has 1 saturated heterocycles. The van der Waals surface area contributed by atoms with Crippen molar-refractivity contribution in [1.29, 1.82) is 0 Å². The van der Waals surface area contributed by atoms with Crippen molar-refractivity contribution < 1.29 is 29.3 Å². The highest BCUT2D eigenvalue weighted by molar-refractivity contribution is 7.16. The van der Waals surface area contributed by atoms with Crippen LogP contribution in [0.1, 0.15) is 34.7 Å². The third-order valence-electron chi connectivity index (χ3n) is 5.63. The summed E-state index contributed by atoms with van der Waals surface area (Å²) < 4.78 is 10.7. The number of carbonyl (C=O) groups is 2. The van der Waals surface area contributed by atoms with Gasteiger partial charge in [0.2, 0.25) is 0 Å². The number of benzene rings is 2. The molecule has 1 aliphatic heterocycles. The molecule has 0 radical (unpaired) electrons.